The van der Waals surface area contributed by atoms with Gasteiger partial charge in [0, 0.05) is 15.6 Å². The normalized spacial score (nSPS) is 18.8. The predicted molar refractivity (Wildman–Crippen MR) is 60.4 cm³/mol. The maximum atomic E-state index is 6.29. The standard InChI is InChI=1S/C11H14BrNO/c1-14-9-5-2-4-8(12)10(9)11(13)6-3-7-11/h2,4-5H,3,6-7,13H2,1H3. The third-order valence-corrected chi connectivity index (χ3v) is 3.60. The number of benzene rings is 1. The molecule has 0 unspecified atom stereocenters. The lowest BCUT2D eigenvalue weighted by atomic mass is 9.72. The SMILES string of the molecule is COc1cccc(Br)c1C1(N)CCC1. The highest BCUT2D eigenvalue weighted by Gasteiger charge is 2.38. The van der Waals surface area contributed by atoms with Gasteiger partial charge in [-0.3, -0.25) is 0 Å². The van der Waals surface area contributed by atoms with Crippen molar-refractivity contribution < 1.29 is 4.74 Å². The van der Waals surface area contributed by atoms with Gasteiger partial charge in [-0.2, -0.15) is 0 Å². The molecule has 0 radical (unpaired) electrons. The van der Waals surface area contributed by atoms with Crippen LogP contribution < -0.4 is 10.5 Å². The summed E-state index contributed by atoms with van der Waals surface area (Å²) in [7, 11) is 1.69. The van der Waals surface area contributed by atoms with Crippen LogP contribution in [-0.4, -0.2) is 7.11 Å². The fourth-order valence-electron chi connectivity index (χ4n) is 1.97. The van der Waals surface area contributed by atoms with Crippen molar-refractivity contribution in [2.24, 2.45) is 5.73 Å². The van der Waals surface area contributed by atoms with Gasteiger partial charge in [0.25, 0.3) is 0 Å². The first-order valence-electron chi connectivity index (χ1n) is 4.79. The number of rotatable bonds is 2. The molecule has 0 bridgehead atoms. The van der Waals surface area contributed by atoms with Crippen LogP contribution in [-0.2, 0) is 5.54 Å². The summed E-state index contributed by atoms with van der Waals surface area (Å²) in [4.78, 5) is 0. The molecule has 1 saturated carbocycles. The molecule has 1 aromatic rings. The largest absolute Gasteiger partial charge is 0.496 e. The number of nitrogens with two attached hydrogens (primary N) is 1. The van der Waals surface area contributed by atoms with E-state index in [0.717, 1.165) is 28.6 Å². The minimum Gasteiger partial charge on any atom is -0.496 e. The van der Waals surface area contributed by atoms with Gasteiger partial charge in [0.2, 0.25) is 0 Å². The topological polar surface area (TPSA) is 35.2 Å². The van der Waals surface area contributed by atoms with Gasteiger partial charge in [0.1, 0.15) is 5.75 Å². The first-order chi connectivity index (χ1) is 6.67. The average molecular weight is 256 g/mol. The molecule has 0 amide bonds. The number of hydrogen-bond donors (Lipinski definition) is 1. The Bertz CT molecular complexity index is 347. The molecule has 1 aromatic carbocycles. The van der Waals surface area contributed by atoms with E-state index in [4.69, 9.17) is 10.5 Å². The van der Waals surface area contributed by atoms with Crippen LogP contribution in [0.25, 0.3) is 0 Å². The minimum absolute atomic E-state index is 0.175. The van der Waals surface area contributed by atoms with Crippen molar-refractivity contribution in [1.29, 1.82) is 0 Å². The number of ether oxygens (including phenoxy) is 1. The second kappa shape index (κ2) is 3.55. The lowest BCUT2D eigenvalue weighted by molar-refractivity contribution is 0.242. The third kappa shape index (κ3) is 1.44. The zero-order chi connectivity index (χ0) is 10.2. The first-order valence-corrected chi connectivity index (χ1v) is 5.58. The predicted octanol–water partition coefficient (Wildman–Crippen LogP) is 2.80. The van der Waals surface area contributed by atoms with Gasteiger partial charge in [0.15, 0.2) is 0 Å². The van der Waals surface area contributed by atoms with Crippen LogP contribution in [0.1, 0.15) is 24.8 Å². The summed E-state index contributed by atoms with van der Waals surface area (Å²) in [6.07, 6.45) is 3.30. The number of hydrogen-bond acceptors (Lipinski definition) is 2. The fourth-order valence-corrected chi connectivity index (χ4v) is 2.71. The third-order valence-electron chi connectivity index (χ3n) is 2.94. The summed E-state index contributed by atoms with van der Waals surface area (Å²) in [6.45, 7) is 0. The highest BCUT2D eigenvalue weighted by atomic mass is 79.9. The van der Waals surface area contributed by atoms with Crippen LogP contribution in [0.5, 0.6) is 5.75 Å². The molecule has 14 heavy (non-hydrogen) atoms. The zero-order valence-corrected chi connectivity index (χ0v) is 9.80. The molecule has 1 aliphatic carbocycles. The van der Waals surface area contributed by atoms with Crippen molar-refractivity contribution in [3.05, 3.63) is 28.2 Å². The van der Waals surface area contributed by atoms with Gasteiger partial charge in [0.05, 0.1) is 7.11 Å². The Kier molecular flexibility index (Phi) is 2.54. The maximum absolute atomic E-state index is 6.29. The molecule has 2 rings (SSSR count). The van der Waals surface area contributed by atoms with Crippen LogP contribution >= 0.6 is 15.9 Å². The molecule has 1 aliphatic rings. The van der Waals surface area contributed by atoms with Gasteiger partial charge in [-0.25, -0.2) is 0 Å². The van der Waals surface area contributed by atoms with E-state index >= 15 is 0 Å². The molecule has 3 heteroatoms. The van der Waals surface area contributed by atoms with Crippen molar-refractivity contribution in [3.63, 3.8) is 0 Å². The Morgan fingerprint density at radius 1 is 1.43 bits per heavy atom. The van der Waals surface area contributed by atoms with Gasteiger partial charge < -0.3 is 10.5 Å². The Hall–Kier alpha value is -0.540. The van der Waals surface area contributed by atoms with Crippen molar-refractivity contribution in [3.8, 4) is 5.75 Å². The number of methoxy groups -OCH3 is 1. The highest BCUT2D eigenvalue weighted by molar-refractivity contribution is 9.10. The second-order valence-electron chi connectivity index (χ2n) is 3.83. The van der Waals surface area contributed by atoms with E-state index in [0.29, 0.717) is 0 Å². The monoisotopic (exact) mass is 255 g/mol. The van der Waals surface area contributed by atoms with Crippen LogP contribution in [0.3, 0.4) is 0 Å². The fraction of sp³-hybridized carbons (Fsp3) is 0.455. The zero-order valence-electron chi connectivity index (χ0n) is 8.22. The highest BCUT2D eigenvalue weighted by Crippen LogP contribution is 2.45. The van der Waals surface area contributed by atoms with Crippen molar-refractivity contribution in [2.45, 2.75) is 24.8 Å². The van der Waals surface area contributed by atoms with Gasteiger partial charge in [-0.1, -0.05) is 22.0 Å². The molecule has 0 spiro atoms. The number of halogens is 1. The van der Waals surface area contributed by atoms with Crippen LogP contribution in [0, 0.1) is 0 Å². The Morgan fingerprint density at radius 2 is 2.14 bits per heavy atom. The average Bonchev–Trinajstić information content (AvgIpc) is 2.14. The summed E-state index contributed by atoms with van der Waals surface area (Å²) in [5.41, 5.74) is 7.24. The van der Waals surface area contributed by atoms with Crippen molar-refractivity contribution in [1.82, 2.24) is 0 Å². The van der Waals surface area contributed by atoms with Crippen LogP contribution in [0.4, 0.5) is 0 Å². The van der Waals surface area contributed by atoms with E-state index < -0.39 is 0 Å². The molecule has 0 heterocycles. The van der Waals surface area contributed by atoms with Gasteiger partial charge in [-0.05, 0) is 31.4 Å². The van der Waals surface area contributed by atoms with E-state index in [-0.39, 0.29) is 5.54 Å². The summed E-state index contributed by atoms with van der Waals surface area (Å²) >= 11 is 3.54. The molecule has 76 valence electrons. The Balaban J connectivity index is 2.49. The first kappa shape index (κ1) is 9.99. The molecule has 0 atom stereocenters. The summed E-state index contributed by atoms with van der Waals surface area (Å²) in [6, 6.07) is 5.95. The smallest absolute Gasteiger partial charge is 0.125 e. The Labute approximate surface area is 92.6 Å². The van der Waals surface area contributed by atoms with Crippen LogP contribution in [0.2, 0.25) is 0 Å². The quantitative estimate of drug-likeness (QED) is 0.883. The summed E-state index contributed by atoms with van der Waals surface area (Å²) < 4.78 is 6.39. The lowest BCUT2D eigenvalue weighted by Crippen LogP contribution is -2.43. The van der Waals surface area contributed by atoms with E-state index in [2.05, 4.69) is 15.9 Å². The maximum Gasteiger partial charge on any atom is 0.125 e. The molecule has 2 N–H and O–H groups in total. The van der Waals surface area contributed by atoms with E-state index in [1.54, 1.807) is 7.11 Å². The summed E-state index contributed by atoms with van der Waals surface area (Å²) in [5.74, 6) is 0.890. The summed E-state index contributed by atoms with van der Waals surface area (Å²) in [5, 5.41) is 0. The van der Waals surface area contributed by atoms with Crippen molar-refractivity contribution in [2.75, 3.05) is 7.11 Å². The Morgan fingerprint density at radius 3 is 2.64 bits per heavy atom. The minimum atomic E-state index is -0.175. The van der Waals surface area contributed by atoms with E-state index in [9.17, 15) is 0 Å². The molecular weight excluding hydrogens is 242 g/mol. The molecular formula is C11H14BrNO. The van der Waals surface area contributed by atoms with Crippen molar-refractivity contribution >= 4 is 15.9 Å². The molecule has 0 aromatic heterocycles. The lowest BCUT2D eigenvalue weighted by Gasteiger charge is -2.39. The van der Waals surface area contributed by atoms with Gasteiger partial charge >= 0.3 is 0 Å². The molecule has 0 aliphatic heterocycles. The van der Waals surface area contributed by atoms with E-state index in [1.165, 1.54) is 6.42 Å². The van der Waals surface area contributed by atoms with E-state index in [1.807, 2.05) is 18.2 Å². The molecule has 1 fully saturated rings. The second-order valence-corrected chi connectivity index (χ2v) is 4.68. The molecule has 2 nitrogen and oxygen atoms in total. The van der Waals surface area contributed by atoms with Crippen LogP contribution in [0.15, 0.2) is 22.7 Å². The van der Waals surface area contributed by atoms with Gasteiger partial charge in [-0.15, -0.1) is 0 Å². The molecule has 0 saturated heterocycles.